The van der Waals surface area contributed by atoms with Crippen LogP contribution in [-0.2, 0) is 11.3 Å². The van der Waals surface area contributed by atoms with E-state index in [9.17, 15) is 4.79 Å². The summed E-state index contributed by atoms with van der Waals surface area (Å²) in [6.07, 6.45) is 0. The number of carbonyl (C=O) groups is 1. The Labute approximate surface area is 118 Å². The molecule has 1 aromatic heterocycles. The zero-order valence-corrected chi connectivity index (χ0v) is 11.9. The van der Waals surface area contributed by atoms with Gasteiger partial charge in [0.15, 0.2) is 0 Å². The maximum atomic E-state index is 11.9. The molecule has 106 valence electrons. The molecule has 0 N–H and O–H groups in total. The molecule has 0 saturated carbocycles. The molecule has 5 heteroatoms. The first-order chi connectivity index (χ1) is 9.63. The average molecular weight is 274 g/mol. The zero-order valence-electron chi connectivity index (χ0n) is 11.9. The molecule has 0 amide bonds. The summed E-state index contributed by atoms with van der Waals surface area (Å²) >= 11 is 0. The molecule has 0 fully saturated rings. The lowest BCUT2D eigenvalue weighted by molar-refractivity contribution is 0.0512. The van der Waals surface area contributed by atoms with Gasteiger partial charge in [0.1, 0.15) is 11.4 Å². The molecular formula is C15H18N2O3. The molecule has 0 bridgehead atoms. The van der Waals surface area contributed by atoms with Gasteiger partial charge in [0.05, 0.1) is 26.0 Å². The predicted octanol–water partition coefficient (Wildman–Crippen LogP) is 2.43. The van der Waals surface area contributed by atoms with Crippen LogP contribution in [0.2, 0.25) is 0 Å². The van der Waals surface area contributed by atoms with Crippen molar-refractivity contribution in [1.82, 2.24) is 9.78 Å². The summed E-state index contributed by atoms with van der Waals surface area (Å²) in [4.78, 5) is 11.9. The Kier molecular flexibility index (Phi) is 4.40. The Morgan fingerprint density at radius 2 is 2.15 bits per heavy atom. The average Bonchev–Trinajstić information content (AvgIpc) is 2.80. The van der Waals surface area contributed by atoms with E-state index < -0.39 is 0 Å². The Morgan fingerprint density at radius 3 is 2.85 bits per heavy atom. The molecule has 0 aliphatic carbocycles. The van der Waals surface area contributed by atoms with Crippen molar-refractivity contribution in [3.05, 3.63) is 47.3 Å². The van der Waals surface area contributed by atoms with Crippen LogP contribution >= 0.6 is 0 Å². The summed E-state index contributed by atoms with van der Waals surface area (Å²) < 4.78 is 11.9. The van der Waals surface area contributed by atoms with Gasteiger partial charge in [-0.1, -0.05) is 12.1 Å². The van der Waals surface area contributed by atoms with Gasteiger partial charge in [-0.05, 0) is 37.6 Å². The lowest BCUT2D eigenvalue weighted by Gasteiger charge is -2.08. The molecule has 0 aliphatic heterocycles. The van der Waals surface area contributed by atoms with Crippen LogP contribution in [-0.4, -0.2) is 29.5 Å². The quantitative estimate of drug-likeness (QED) is 0.786. The number of benzene rings is 1. The van der Waals surface area contributed by atoms with E-state index in [2.05, 4.69) is 5.10 Å². The third-order valence-corrected chi connectivity index (χ3v) is 2.85. The third kappa shape index (κ3) is 3.17. The molecule has 2 rings (SSSR count). The molecule has 0 atom stereocenters. The van der Waals surface area contributed by atoms with Crippen LogP contribution in [0.15, 0.2) is 30.3 Å². The highest BCUT2D eigenvalue weighted by atomic mass is 16.5. The van der Waals surface area contributed by atoms with E-state index in [0.717, 1.165) is 17.0 Å². The van der Waals surface area contributed by atoms with Gasteiger partial charge in [-0.3, -0.25) is 4.68 Å². The van der Waals surface area contributed by atoms with Crippen LogP contribution in [0.3, 0.4) is 0 Å². The van der Waals surface area contributed by atoms with Crippen molar-refractivity contribution in [1.29, 1.82) is 0 Å². The van der Waals surface area contributed by atoms with Gasteiger partial charge in [0.25, 0.3) is 0 Å². The molecule has 1 heterocycles. The lowest BCUT2D eigenvalue weighted by atomic mass is 10.2. The van der Waals surface area contributed by atoms with Crippen LogP contribution in [0.1, 0.15) is 28.7 Å². The minimum Gasteiger partial charge on any atom is -0.497 e. The highest BCUT2D eigenvalue weighted by molar-refractivity contribution is 5.87. The lowest BCUT2D eigenvalue weighted by Crippen LogP contribution is -2.14. The third-order valence-electron chi connectivity index (χ3n) is 2.85. The second kappa shape index (κ2) is 6.23. The number of ether oxygens (including phenoxy) is 2. The van der Waals surface area contributed by atoms with Gasteiger partial charge in [-0.25, -0.2) is 4.79 Å². The number of esters is 1. The molecule has 0 saturated heterocycles. The van der Waals surface area contributed by atoms with Crippen LogP contribution in [0.25, 0.3) is 0 Å². The number of hydrogen-bond acceptors (Lipinski definition) is 4. The molecule has 1 aromatic carbocycles. The van der Waals surface area contributed by atoms with E-state index in [4.69, 9.17) is 9.47 Å². The molecule has 0 unspecified atom stereocenters. The topological polar surface area (TPSA) is 53.3 Å². The van der Waals surface area contributed by atoms with Crippen molar-refractivity contribution >= 4 is 5.97 Å². The first-order valence-electron chi connectivity index (χ1n) is 6.48. The van der Waals surface area contributed by atoms with Crippen molar-refractivity contribution in [2.75, 3.05) is 13.7 Å². The monoisotopic (exact) mass is 274 g/mol. The van der Waals surface area contributed by atoms with Gasteiger partial charge in [-0.15, -0.1) is 0 Å². The van der Waals surface area contributed by atoms with E-state index in [1.54, 1.807) is 24.8 Å². The summed E-state index contributed by atoms with van der Waals surface area (Å²) in [5, 5.41) is 4.34. The summed E-state index contributed by atoms with van der Waals surface area (Å²) in [5.74, 6) is 0.431. The Bertz CT molecular complexity index is 605. The fourth-order valence-corrected chi connectivity index (χ4v) is 1.98. The smallest absolute Gasteiger partial charge is 0.356 e. The van der Waals surface area contributed by atoms with Gasteiger partial charge < -0.3 is 9.47 Å². The zero-order chi connectivity index (χ0) is 14.5. The van der Waals surface area contributed by atoms with Crippen molar-refractivity contribution in [3.8, 4) is 5.75 Å². The number of rotatable bonds is 5. The van der Waals surface area contributed by atoms with E-state index in [1.165, 1.54) is 0 Å². The maximum Gasteiger partial charge on any atom is 0.356 e. The molecular weight excluding hydrogens is 256 g/mol. The highest BCUT2D eigenvalue weighted by Gasteiger charge is 2.15. The number of methoxy groups -OCH3 is 1. The number of nitrogens with zero attached hydrogens (tertiary/aromatic N) is 2. The SMILES string of the molecule is CCOC(=O)c1cc(C)nn1Cc1cccc(OC)c1. The van der Waals surface area contributed by atoms with Crippen molar-refractivity contribution in [3.63, 3.8) is 0 Å². The van der Waals surface area contributed by atoms with E-state index in [1.807, 2.05) is 31.2 Å². The van der Waals surface area contributed by atoms with Crippen LogP contribution in [0.4, 0.5) is 0 Å². The van der Waals surface area contributed by atoms with Crippen LogP contribution < -0.4 is 4.74 Å². The largest absolute Gasteiger partial charge is 0.497 e. The van der Waals surface area contributed by atoms with Crippen molar-refractivity contribution in [2.24, 2.45) is 0 Å². The number of hydrogen-bond donors (Lipinski definition) is 0. The highest BCUT2D eigenvalue weighted by Crippen LogP contribution is 2.15. The first-order valence-corrected chi connectivity index (χ1v) is 6.48. The first kappa shape index (κ1) is 14.1. The minimum absolute atomic E-state index is 0.349. The van der Waals surface area contributed by atoms with Crippen LogP contribution in [0, 0.1) is 6.92 Å². The minimum atomic E-state index is -0.351. The molecule has 20 heavy (non-hydrogen) atoms. The Balaban J connectivity index is 2.26. The van der Waals surface area contributed by atoms with E-state index in [0.29, 0.717) is 18.8 Å². The van der Waals surface area contributed by atoms with Gasteiger partial charge >= 0.3 is 5.97 Å². The molecule has 2 aromatic rings. The summed E-state index contributed by atoms with van der Waals surface area (Å²) in [6, 6.07) is 9.41. The van der Waals surface area contributed by atoms with Gasteiger partial charge in [0.2, 0.25) is 0 Å². The predicted molar refractivity (Wildman–Crippen MR) is 75.0 cm³/mol. The van der Waals surface area contributed by atoms with Gasteiger partial charge in [-0.2, -0.15) is 5.10 Å². The number of aryl methyl sites for hydroxylation is 1. The maximum absolute atomic E-state index is 11.9. The standard InChI is InChI=1S/C15H18N2O3/c1-4-20-15(18)14-8-11(2)16-17(14)10-12-6-5-7-13(9-12)19-3/h5-9H,4,10H2,1-3H3. The number of aromatic nitrogens is 2. The number of carbonyl (C=O) groups excluding carboxylic acids is 1. The summed E-state index contributed by atoms with van der Waals surface area (Å²) in [7, 11) is 1.63. The van der Waals surface area contributed by atoms with E-state index >= 15 is 0 Å². The van der Waals surface area contributed by atoms with Crippen molar-refractivity contribution in [2.45, 2.75) is 20.4 Å². The summed E-state index contributed by atoms with van der Waals surface area (Å²) in [5.41, 5.74) is 2.26. The fraction of sp³-hybridized carbons (Fsp3) is 0.333. The molecule has 0 aliphatic rings. The normalized spacial score (nSPS) is 10.3. The Hall–Kier alpha value is -2.30. The second-order valence-corrected chi connectivity index (χ2v) is 4.40. The molecule has 5 nitrogen and oxygen atoms in total. The Morgan fingerprint density at radius 1 is 1.35 bits per heavy atom. The molecule has 0 radical (unpaired) electrons. The van der Waals surface area contributed by atoms with Crippen LogP contribution in [0.5, 0.6) is 5.75 Å². The van der Waals surface area contributed by atoms with E-state index in [-0.39, 0.29) is 5.97 Å². The second-order valence-electron chi connectivity index (χ2n) is 4.40. The van der Waals surface area contributed by atoms with Crippen molar-refractivity contribution < 1.29 is 14.3 Å². The molecule has 0 spiro atoms. The summed E-state index contributed by atoms with van der Waals surface area (Å²) in [6.45, 7) is 4.49. The van der Waals surface area contributed by atoms with Gasteiger partial charge in [0, 0.05) is 0 Å². The fourth-order valence-electron chi connectivity index (χ4n) is 1.98.